The first-order valence-corrected chi connectivity index (χ1v) is 5.77. The second kappa shape index (κ2) is 5.55. The van der Waals surface area contributed by atoms with E-state index in [0.29, 0.717) is 12.2 Å². The average molecular weight is 229 g/mol. The van der Waals surface area contributed by atoms with Crippen molar-refractivity contribution in [3.8, 4) is 0 Å². The number of carbonyl (C=O) groups is 1. The lowest BCUT2D eigenvalue weighted by Crippen LogP contribution is -2.10. The van der Waals surface area contributed by atoms with Crippen LogP contribution in [0.4, 0.5) is 0 Å². The van der Waals surface area contributed by atoms with Crippen LogP contribution in [0, 0.1) is 0 Å². The standard InChI is InChI=1S/C14H15NO2/c1-2-9-17-10-14(16)12-5-3-7-13-11(12)6-4-8-15-13/h3-8H,2,9-10H2,1H3. The summed E-state index contributed by atoms with van der Waals surface area (Å²) in [6.45, 7) is 2.78. The van der Waals surface area contributed by atoms with E-state index in [-0.39, 0.29) is 12.4 Å². The number of aromatic nitrogens is 1. The van der Waals surface area contributed by atoms with Gasteiger partial charge in [-0.1, -0.05) is 25.1 Å². The number of fused-ring (bicyclic) bond motifs is 1. The van der Waals surface area contributed by atoms with Crippen LogP contribution in [0.1, 0.15) is 23.7 Å². The zero-order valence-electron chi connectivity index (χ0n) is 9.85. The van der Waals surface area contributed by atoms with Gasteiger partial charge < -0.3 is 4.74 Å². The molecule has 0 spiro atoms. The Balaban J connectivity index is 2.26. The van der Waals surface area contributed by atoms with Gasteiger partial charge >= 0.3 is 0 Å². The molecule has 1 aromatic heterocycles. The first kappa shape index (κ1) is 11.7. The third-order valence-corrected chi connectivity index (χ3v) is 2.53. The molecule has 17 heavy (non-hydrogen) atoms. The number of carbonyl (C=O) groups excluding carboxylic acids is 1. The summed E-state index contributed by atoms with van der Waals surface area (Å²) in [4.78, 5) is 16.2. The Bertz CT molecular complexity index is 517. The quantitative estimate of drug-likeness (QED) is 0.584. The number of nitrogens with zero attached hydrogens (tertiary/aromatic N) is 1. The van der Waals surface area contributed by atoms with Crippen molar-refractivity contribution >= 4 is 16.7 Å². The first-order valence-electron chi connectivity index (χ1n) is 5.77. The van der Waals surface area contributed by atoms with E-state index in [4.69, 9.17) is 4.74 Å². The van der Waals surface area contributed by atoms with E-state index in [1.165, 1.54) is 0 Å². The molecule has 0 amide bonds. The smallest absolute Gasteiger partial charge is 0.189 e. The molecule has 0 atom stereocenters. The molecule has 1 heterocycles. The maximum absolute atomic E-state index is 12.0. The largest absolute Gasteiger partial charge is 0.373 e. The molecule has 0 saturated heterocycles. The minimum Gasteiger partial charge on any atom is -0.373 e. The number of Topliss-reactive ketones (excluding diaryl/α,β-unsaturated/α-hetero) is 1. The van der Waals surface area contributed by atoms with Crippen molar-refractivity contribution in [2.75, 3.05) is 13.2 Å². The fourth-order valence-electron chi connectivity index (χ4n) is 1.73. The molecule has 1 aromatic carbocycles. The molecule has 88 valence electrons. The summed E-state index contributed by atoms with van der Waals surface area (Å²) in [6.07, 6.45) is 2.65. The highest BCUT2D eigenvalue weighted by Crippen LogP contribution is 2.16. The third kappa shape index (κ3) is 2.68. The average Bonchev–Trinajstić information content (AvgIpc) is 2.38. The van der Waals surface area contributed by atoms with E-state index in [0.717, 1.165) is 17.3 Å². The van der Waals surface area contributed by atoms with E-state index in [1.54, 1.807) is 6.20 Å². The van der Waals surface area contributed by atoms with Crippen molar-refractivity contribution in [1.82, 2.24) is 4.98 Å². The number of pyridine rings is 1. The van der Waals surface area contributed by atoms with Gasteiger partial charge in [-0.25, -0.2) is 0 Å². The normalized spacial score (nSPS) is 10.6. The van der Waals surface area contributed by atoms with Crippen LogP contribution in [-0.4, -0.2) is 24.0 Å². The van der Waals surface area contributed by atoms with Crippen LogP contribution in [0.2, 0.25) is 0 Å². The molecule has 0 saturated carbocycles. The summed E-state index contributed by atoms with van der Waals surface area (Å²) >= 11 is 0. The number of hydrogen-bond acceptors (Lipinski definition) is 3. The van der Waals surface area contributed by atoms with Crippen LogP contribution in [0.15, 0.2) is 36.5 Å². The van der Waals surface area contributed by atoms with E-state index in [1.807, 2.05) is 37.3 Å². The second-order valence-corrected chi connectivity index (χ2v) is 3.85. The molecule has 3 heteroatoms. The highest BCUT2D eigenvalue weighted by molar-refractivity contribution is 6.07. The van der Waals surface area contributed by atoms with Crippen molar-refractivity contribution in [2.45, 2.75) is 13.3 Å². The van der Waals surface area contributed by atoms with Crippen molar-refractivity contribution in [3.63, 3.8) is 0 Å². The predicted molar refractivity (Wildman–Crippen MR) is 67.2 cm³/mol. The lowest BCUT2D eigenvalue weighted by molar-refractivity contribution is 0.0763. The van der Waals surface area contributed by atoms with Gasteiger partial charge in [0, 0.05) is 23.8 Å². The van der Waals surface area contributed by atoms with E-state index >= 15 is 0 Å². The van der Waals surface area contributed by atoms with Crippen LogP contribution in [0.25, 0.3) is 10.9 Å². The SMILES string of the molecule is CCCOCC(=O)c1cccc2ncccc12. The number of ether oxygens (including phenoxy) is 1. The van der Waals surface area contributed by atoms with Gasteiger partial charge in [0.05, 0.1) is 5.52 Å². The molecule has 0 unspecified atom stereocenters. The van der Waals surface area contributed by atoms with E-state index in [9.17, 15) is 4.79 Å². The molecule has 0 aliphatic heterocycles. The minimum atomic E-state index is 0.0112. The number of ketones is 1. The predicted octanol–water partition coefficient (Wildman–Crippen LogP) is 2.84. The van der Waals surface area contributed by atoms with Crippen molar-refractivity contribution in [1.29, 1.82) is 0 Å². The van der Waals surface area contributed by atoms with Crippen molar-refractivity contribution in [2.24, 2.45) is 0 Å². The van der Waals surface area contributed by atoms with Gasteiger partial charge in [-0.05, 0) is 18.6 Å². The molecule has 2 aromatic rings. The molecule has 0 aliphatic rings. The zero-order chi connectivity index (χ0) is 12.1. The van der Waals surface area contributed by atoms with Crippen molar-refractivity contribution in [3.05, 3.63) is 42.1 Å². The molecule has 0 radical (unpaired) electrons. The Kier molecular flexibility index (Phi) is 3.83. The fourth-order valence-corrected chi connectivity index (χ4v) is 1.73. The summed E-state index contributed by atoms with van der Waals surface area (Å²) in [6, 6.07) is 9.32. The molecule has 0 bridgehead atoms. The van der Waals surface area contributed by atoms with Crippen LogP contribution < -0.4 is 0 Å². The van der Waals surface area contributed by atoms with Crippen LogP contribution in [0.3, 0.4) is 0 Å². The molecular formula is C14H15NO2. The van der Waals surface area contributed by atoms with Crippen LogP contribution in [-0.2, 0) is 4.74 Å². The second-order valence-electron chi connectivity index (χ2n) is 3.85. The summed E-state index contributed by atoms with van der Waals surface area (Å²) in [5.74, 6) is 0.0112. The highest BCUT2D eigenvalue weighted by Gasteiger charge is 2.09. The van der Waals surface area contributed by atoms with Gasteiger partial charge in [-0.2, -0.15) is 0 Å². The van der Waals surface area contributed by atoms with Gasteiger partial charge in [0.2, 0.25) is 0 Å². The lowest BCUT2D eigenvalue weighted by atomic mass is 10.1. The topological polar surface area (TPSA) is 39.2 Å². The maximum Gasteiger partial charge on any atom is 0.189 e. The Morgan fingerprint density at radius 3 is 3.00 bits per heavy atom. The summed E-state index contributed by atoms with van der Waals surface area (Å²) in [5.41, 5.74) is 1.53. The fraction of sp³-hybridized carbons (Fsp3) is 0.286. The highest BCUT2D eigenvalue weighted by atomic mass is 16.5. The Hall–Kier alpha value is -1.74. The molecule has 3 nitrogen and oxygen atoms in total. The number of hydrogen-bond donors (Lipinski definition) is 0. The first-order chi connectivity index (χ1) is 8.33. The van der Waals surface area contributed by atoms with Crippen LogP contribution >= 0.6 is 0 Å². The maximum atomic E-state index is 12.0. The van der Waals surface area contributed by atoms with Gasteiger partial charge in [0.1, 0.15) is 6.61 Å². The third-order valence-electron chi connectivity index (χ3n) is 2.53. The van der Waals surface area contributed by atoms with E-state index in [2.05, 4.69) is 4.98 Å². The number of benzene rings is 1. The zero-order valence-corrected chi connectivity index (χ0v) is 9.85. The van der Waals surface area contributed by atoms with Gasteiger partial charge in [0.15, 0.2) is 5.78 Å². The summed E-state index contributed by atoms with van der Waals surface area (Å²) < 4.78 is 5.28. The summed E-state index contributed by atoms with van der Waals surface area (Å²) in [7, 11) is 0. The Morgan fingerprint density at radius 2 is 2.18 bits per heavy atom. The Labute approximate surface area is 100 Å². The minimum absolute atomic E-state index is 0.0112. The Morgan fingerprint density at radius 1 is 1.29 bits per heavy atom. The van der Waals surface area contributed by atoms with Crippen LogP contribution in [0.5, 0.6) is 0 Å². The van der Waals surface area contributed by atoms with Gasteiger partial charge in [-0.15, -0.1) is 0 Å². The van der Waals surface area contributed by atoms with Gasteiger partial charge in [0.25, 0.3) is 0 Å². The molecule has 2 rings (SSSR count). The molecule has 0 aliphatic carbocycles. The van der Waals surface area contributed by atoms with Crippen molar-refractivity contribution < 1.29 is 9.53 Å². The van der Waals surface area contributed by atoms with E-state index < -0.39 is 0 Å². The monoisotopic (exact) mass is 229 g/mol. The lowest BCUT2D eigenvalue weighted by Gasteiger charge is -2.05. The molecule has 0 fully saturated rings. The molecular weight excluding hydrogens is 214 g/mol. The molecule has 0 N–H and O–H groups in total. The van der Waals surface area contributed by atoms with Gasteiger partial charge in [-0.3, -0.25) is 9.78 Å². The number of rotatable bonds is 5. The summed E-state index contributed by atoms with van der Waals surface area (Å²) in [5, 5.41) is 0.889.